The summed E-state index contributed by atoms with van der Waals surface area (Å²) in [5, 5.41) is 0.520. The Hall–Kier alpha value is -2.20. The van der Waals surface area contributed by atoms with Crippen LogP contribution < -0.4 is 9.64 Å². The van der Waals surface area contributed by atoms with E-state index in [2.05, 4.69) is 4.98 Å². The normalized spacial score (nSPS) is 11.4. The number of rotatable bonds is 9. The summed E-state index contributed by atoms with van der Waals surface area (Å²) in [6.07, 6.45) is 0.717. The number of nitrogens with zero attached hydrogens (tertiary/aromatic N) is 3. The van der Waals surface area contributed by atoms with Gasteiger partial charge < -0.3 is 9.64 Å². The van der Waals surface area contributed by atoms with E-state index in [4.69, 9.17) is 4.74 Å². The molecule has 0 aliphatic rings. The first kappa shape index (κ1) is 26.1. The second kappa shape index (κ2) is 11.1. The molecule has 0 atom stereocenters. The molecule has 0 aliphatic heterocycles. The van der Waals surface area contributed by atoms with Crippen molar-refractivity contribution in [3.8, 4) is 5.75 Å². The van der Waals surface area contributed by atoms with Crippen molar-refractivity contribution in [2.24, 2.45) is 0 Å². The molecular formula is C22H28ClN3O4S2. The Bertz CT molecular complexity index is 1180. The number of thiazole rings is 1. The van der Waals surface area contributed by atoms with E-state index < -0.39 is 9.84 Å². The topological polar surface area (TPSA) is 79.8 Å². The predicted octanol–water partition coefficient (Wildman–Crippen LogP) is 4.12. The van der Waals surface area contributed by atoms with Crippen LogP contribution in [0.25, 0.3) is 10.2 Å². The fourth-order valence-corrected chi connectivity index (χ4v) is 5.33. The van der Waals surface area contributed by atoms with Crippen LogP contribution in [-0.2, 0) is 9.84 Å². The molecule has 0 aliphatic carbocycles. The number of amides is 1. The van der Waals surface area contributed by atoms with Crippen molar-refractivity contribution in [2.45, 2.75) is 18.2 Å². The first-order chi connectivity index (χ1) is 14.8. The summed E-state index contributed by atoms with van der Waals surface area (Å²) in [6, 6.07) is 12.0. The Balaban J connectivity index is 0.00000363. The first-order valence-electron chi connectivity index (χ1n) is 10.0. The molecule has 0 unspecified atom stereocenters. The van der Waals surface area contributed by atoms with Gasteiger partial charge in [-0.1, -0.05) is 36.5 Å². The average molecular weight is 498 g/mol. The first-order valence-corrected chi connectivity index (χ1v) is 12.5. The number of methoxy groups -OCH3 is 1. The zero-order chi connectivity index (χ0) is 22.6. The van der Waals surface area contributed by atoms with Crippen molar-refractivity contribution in [3.63, 3.8) is 0 Å². The lowest BCUT2D eigenvalue weighted by atomic mass is 10.2. The number of hydrogen-bond donors (Lipinski definition) is 0. The Labute approximate surface area is 199 Å². The largest absolute Gasteiger partial charge is 0.494 e. The molecule has 0 saturated heterocycles. The molecule has 1 aromatic heterocycles. The highest BCUT2D eigenvalue weighted by Crippen LogP contribution is 2.35. The van der Waals surface area contributed by atoms with Gasteiger partial charge in [0.1, 0.15) is 11.3 Å². The fraction of sp³-hybridized carbons (Fsp3) is 0.364. The van der Waals surface area contributed by atoms with Crippen LogP contribution in [0.2, 0.25) is 0 Å². The number of anilines is 1. The molecule has 0 saturated carbocycles. The van der Waals surface area contributed by atoms with Crippen LogP contribution in [0.4, 0.5) is 5.13 Å². The number of carbonyl (C=O) groups excluding carboxylic acids is 1. The van der Waals surface area contributed by atoms with Crippen LogP contribution in [0, 0.1) is 0 Å². The van der Waals surface area contributed by atoms with E-state index in [9.17, 15) is 13.2 Å². The lowest BCUT2D eigenvalue weighted by molar-refractivity contribution is 0.0983. The second-order valence-electron chi connectivity index (χ2n) is 7.32. The smallest absolute Gasteiger partial charge is 0.261 e. The predicted molar refractivity (Wildman–Crippen MR) is 132 cm³/mol. The van der Waals surface area contributed by atoms with Crippen LogP contribution in [0.1, 0.15) is 23.7 Å². The van der Waals surface area contributed by atoms with E-state index in [1.165, 1.54) is 17.4 Å². The van der Waals surface area contributed by atoms with Crippen molar-refractivity contribution in [1.29, 1.82) is 0 Å². The van der Waals surface area contributed by atoms with Gasteiger partial charge in [-0.2, -0.15) is 0 Å². The maximum absolute atomic E-state index is 13.6. The Morgan fingerprint density at radius 3 is 2.47 bits per heavy atom. The minimum atomic E-state index is -3.55. The Morgan fingerprint density at radius 1 is 1.09 bits per heavy atom. The Morgan fingerprint density at radius 2 is 1.81 bits per heavy atom. The van der Waals surface area contributed by atoms with Gasteiger partial charge >= 0.3 is 0 Å². The molecule has 1 heterocycles. The van der Waals surface area contributed by atoms with Gasteiger partial charge in [-0.15, -0.1) is 12.4 Å². The van der Waals surface area contributed by atoms with Crippen LogP contribution >= 0.6 is 23.7 Å². The van der Waals surface area contributed by atoms with Crippen molar-refractivity contribution in [2.75, 3.05) is 44.9 Å². The highest BCUT2D eigenvalue weighted by molar-refractivity contribution is 7.91. The van der Waals surface area contributed by atoms with E-state index in [-0.39, 0.29) is 34.5 Å². The van der Waals surface area contributed by atoms with Crippen LogP contribution in [0.5, 0.6) is 5.75 Å². The highest BCUT2D eigenvalue weighted by atomic mass is 35.5. The van der Waals surface area contributed by atoms with Crippen molar-refractivity contribution in [3.05, 3.63) is 48.0 Å². The summed E-state index contributed by atoms with van der Waals surface area (Å²) >= 11 is 1.39. The van der Waals surface area contributed by atoms with Crippen LogP contribution in [-0.4, -0.2) is 64.3 Å². The van der Waals surface area contributed by atoms with Gasteiger partial charge in [0.25, 0.3) is 5.91 Å². The molecule has 0 fully saturated rings. The molecule has 2 aromatic carbocycles. The summed E-state index contributed by atoms with van der Waals surface area (Å²) < 4.78 is 31.5. The molecule has 0 spiro atoms. The molecule has 0 bridgehead atoms. The lowest BCUT2D eigenvalue weighted by Crippen LogP contribution is -2.34. The molecule has 0 N–H and O–H groups in total. The third kappa shape index (κ3) is 5.58. The van der Waals surface area contributed by atoms with Crippen LogP contribution in [0.3, 0.4) is 0 Å². The quantitative estimate of drug-likeness (QED) is 0.442. The number of hydrogen-bond acceptors (Lipinski definition) is 7. The number of carbonyl (C=O) groups is 1. The van der Waals surface area contributed by atoms with Crippen LogP contribution in [0.15, 0.2) is 47.4 Å². The molecule has 1 amide bonds. The third-order valence-corrected chi connectivity index (χ3v) is 7.72. The minimum Gasteiger partial charge on any atom is -0.494 e. The second-order valence-corrected chi connectivity index (χ2v) is 10.6. The van der Waals surface area contributed by atoms with Gasteiger partial charge in [0.2, 0.25) is 0 Å². The van der Waals surface area contributed by atoms with Crippen molar-refractivity contribution < 1.29 is 17.9 Å². The van der Waals surface area contributed by atoms with Gasteiger partial charge in [-0.25, -0.2) is 13.4 Å². The van der Waals surface area contributed by atoms with Crippen molar-refractivity contribution >= 4 is 54.8 Å². The maximum Gasteiger partial charge on any atom is 0.261 e. The summed E-state index contributed by atoms with van der Waals surface area (Å²) in [5.41, 5.74) is 0.852. The number of halogens is 1. The number of aromatic nitrogens is 1. The zero-order valence-electron chi connectivity index (χ0n) is 18.6. The monoisotopic (exact) mass is 497 g/mol. The zero-order valence-corrected chi connectivity index (χ0v) is 21.0. The van der Waals surface area contributed by atoms with Gasteiger partial charge in [0.05, 0.1) is 28.0 Å². The van der Waals surface area contributed by atoms with Gasteiger partial charge in [0.15, 0.2) is 15.0 Å². The van der Waals surface area contributed by atoms with E-state index in [0.29, 0.717) is 29.4 Å². The highest BCUT2D eigenvalue weighted by Gasteiger charge is 2.27. The maximum atomic E-state index is 13.6. The van der Waals surface area contributed by atoms with Gasteiger partial charge in [-0.3, -0.25) is 9.69 Å². The van der Waals surface area contributed by atoms with E-state index in [1.54, 1.807) is 37.1 Å². The number of benzene rings is 2. The van der Waals surface area contributed by atoms with E-state index >= 15 is 0 Å². The minimum absolute atomic E-state index is 0. The molecule has 7 nitrogen and oxygen atoms in total. The fourth-order valence-electron chi connectivity index (χ4n) is 3.24. The number of para-hydroxylation sites is 1. The molecule has 3 rings (SSSR count). The number of sulfone groups is 1. The molecule has 0 radical (unpaired) electrons. The lowest BCUT2D eigenvalue weighted by Gasteiger charge is -2.22. The Kier molecular flexibility index (Phi) is 9.03. The molecule has 174 valence electrons. The standard InChI is InChI=1S/C22H27N3O4S2.ClH/c1-5-31(27,28)19-13-7-6-10-16(19)21(26)25(15-9-14-24(2)3)22-23-20-17(29-4)11-8-12-18(20)30-22;/h6-8,10-13H,5,9,14-15H2,1-4H3;1H. The van der Waals surface area contributed by atoms with E-state index in [1.807, 2.05) is 37.2 Å². The molecule has 10 heteroatoms. The third-order valence-electron chi connectivity index (χ3n) is 4.89. The summed E-state index contributed by atoms with van der Waals surface area (Å²) in [5.74, 6) is 0.190. The molecule has 3 aromatic rings. The summed E-state index contributed by atoms with van der Waals surface area (Å²) in [7, 11) is 1.97. The number of fused-ring (bicyclic) bond motifs is 1. The SMILES string of the molecule is CCS(=O)(=O)c1ccccc1C(=O)N(CCCN(C)C)c1nc2c(OC)cccc2s1.Cl. The number of ether oxygens (including phenoxy) is 1. The summed E-state index contributed by atoms with van der Waals surface area (Å²) in [4.78, 5) is 22.0. The van der Waals surface area contributed by atoms with Gasteiger partial charge in [-0.05, 0) is 51.3 Å². The summed E-state index contributed by atoms with van der Waals surface area (Å²) in [6.45, 7) is 2.78. The molecule has 32 heavy (non-hydrogen) atoms. The van der Waals surface area contributed by atoms with Crippen molar-refractivity contribution in [1.82, 2.24) is 9.88 Å². The van der Waals surface area contributed by atoms with E-state index in [0.717, 1.165) is 11.2 Å². The molecular weight excluding hydrogens is 470 g/mol. The van der Waals surface area contributed by atoms with Gasteiger partial charge in [0, 0.05) is 6.54 Å². The average Bonchev–Trinajstić information content (AvgIpc) is 3.20.